The van der Waals surface area contributed by atoms with Gasteiger partial charge in [0.2, 0.25) is 0 Å². The summed E-state index contributed by atoms with van der Waals surface area (Å²) in [6, 6.07) is 13.5. The highest BCUT2D eigenvalue weighted by Crippen LogP contribution is 2.29. The maximum Gasteiger partial charge on any atom is 0.294 e. The molecule has 0 aliphatic heterocycles. The van der Waals surface area contributed by atoms with Crippen molar-refractivity contribution >= 4 is 33.3 Å². The molecule has 0 bridgehead atoms. The second kappa shape index (κ2) is 6.14. The molecule has 6 heteroatoms. The van der Waals surface area contributed by atoms with Gasteiger partial charge >= 0.3 is 0 Å². The molecule has 0 saturated carbocycles. The Kier molecular flexibility index (Phi) is 4.70. The fourth-order valence-corrected chi connectivity index (χ4v) is 2.88. The average Bonchev–Trinajstić information content (AvgIpc) is 2.41. The van der Waals surface area contributed by atoms with Gasteiger partial charge in [-0.3, -0.25) is 4.55 Å². The Hall–Kier alpha value is -1.07. The van der Waals surface area contributed by atoms with Crippen molar-refractivity contribution in [2.75, 3.05) is 0 Å². The molecule has 0 aliphatic carbocycles. The summed E-state index contributed by atoms with van der Waals surface area (Å²) >= 11 is 12.4. The Morgan fingerprint density at radius 1 is 1.10 bits per heavy atom. The van der Waals surface area contributed by atoms with Crippen LogP contribution < -0.4 is 0 Å². The molecular weight excluding hydrogens is 319 g/mol. The quantitative estimate of drug-likeness (QED) is 0.678. The molecule has 0 saturated heterocycles. The molecule has 1 N–H and O–H groups in total. The number of rotatable bonds is 4. The van der Waals surface area contributed by atoms with Crippen molar-refractivity contribution in [1.82, 2.24) is 0 Å². The Bertz CT molecular complexity index is 700. The minimum atomic E-state index is -4.24. The Labute approximate surface area is 127 Å². The second-order valence-electron chi connectivity index (χ2n) is 4.31. The molecule has 2 aromatic carbocycles. The summed E-state index contributed by atoms with van der Waals surface area (Å²) < 4.78 is 31.3. The largest absolute Gasteiger partial charge is 0.294 e. The zero-order chi connectivity index (χ0) is 14.8. The van der Waals surface area contributed by atoms with Crippen LogP contribution in [-0.2, 0) is 16.5 Å². The molecule has 0 aliphatic rings. The normalized spacial score (nSPS) is 13.2. The fraction of sp³-hybridized carbons (Fsp3) is 0.143. The van der Waals surface area contributed by atoms with Gasteiger partial charge in [-0.2, -0.15) is 8.42 Å². The molecule has 0 amide bonds. The lowest BCUT2D eigenvalue weighted by molar-refractivity contribution is 0.483. The van der Waals surface area contributed by atoms with E-state index in [1.54, 1.807) is 0 Å². The molecule has 3 nitrogen and oxygen atoms in total. The highest BCUT2D eigenvalue weighted by Gasteiger charge is 2.15. The summed E-state index contributed by atoms with van der Waals surface area (Å²) in [6.07, 6.45) is 0.369. The monoisotopic (exact) mass is 330 g/mol. The smallest absolute Gasteiger partial charge is 0.282 e. The SMILES string of the molecule is O=S(=O)(O)c1ccc(Cl)c(CC(Cl)c2ccccc2)c1. The van der Waals surface area contributed by atoms with Crippen LogP contribution in [0.2, 0.25) is 5.02 Å². The molecule has 0 radical (unpaired) electrons. The molecule has 0 spiro atoms. The van der Waals surface area contributed by atoms with Crippen molar-refractivity contribution in [3.05, 3.63) is 64.7 Å². The lowest BCUT2D eigenvalue weighted by Crippen LogP contribution is -2.01. The number of hydrogen-bond donors (Lipinski definition) is 1. The van der Waals surface area contributed by atoms with Crippen molar-refractivity contribution < 1.29 is 13.0 Å². The summed E-state index contributed by atoms with van der Waals surface area (Å²) in [6.45, 7) is 0. The lowest BCUT2D eigenvalue weighted by atomic mass is 10.0. The van der Waals surface area contributed by atoms with Gasteiger partial charge in [-0.25, -0.2) is 0 Å². The van der Waals surface area contributed by atoms with Gasteiger partial charge < -0.3 is 0 Å². The number of alkyl halides is 1. The summed E-state index contributed by atoms with van der Waals surface area (Å²) in [5.74, 6) is 0. The molecule has 1 atom stereocenters. The van der Waals surface area contributed by atoms with Gasteiger partial charge in [0.15, 0.2) is 0 Å². The van der Waals surface area contributed by atoms with Crippen molar-refractivity contribution in [3.63, 3.8) is 0 Å². The van der Waals surface area contributed by atoms with Crippen LogP contribution in [0.3, 0.4) is 0 Å². The van der Waals surface area contributed by atoms with E-state index in [0.29, 0.717) is 17.0 Å². The standard InChI is InChI=1S/C14H12Cl2O3S/c15-13-7-6-12(20(17,18)19)8-11(13)9-14(16)10-4-2-1-3-5-10/h1-8,14H,9H2,(H,17,18,19). The van der Waals surface area contributed by atoms with E-state index in [4.69, 9.17) is 27.8 Å². The number of halogens is 2. The number of hydrogen-bond acceptors (Lipinski definition) is 2. The van der Waals surface area contributed by atoms with Gasteiger partial charge in [-0.05, 0) is 35.7 Å². The molecule has 2 aromatic rings. The summed E-state index contributed by atoms with van der Waals surface area (Å²) in [5.41, 5.74) is 1.49. The van der Waals surface area contributed by atoms with Gasteiger partial charge in [0.25, 0.3) is 10.1 Å². The van der Waals surface area contributed by atoms with Crippen LogP contribution >= 0.6 is 23.2 Å². The van der Waals surface area contributed by atoms with E-state index in [1.165, 1.54) is 18.2 Å². The maximum atomic E-state index is 11.1. The Balaban J connectivity index is 2.30. The van der Waals surface area contributed by atoms with E-state index >= 15 is 0 Å². The van der Waals surface area contributed by atoms with Crippen LogP contribution in [0.1, 0.15) is 16.5 Å². The van der Waals surface area contributed by atoms with Gasteiger partial charge in [-0.1, -0.05) is 41.9 Å². The summed E-state index contributed by atoms with van der Waals surface area (Å²) in [5, 5.41) is 0.0873. The highest BCUT2D eigenvalue weighted by atomic mass is 35.5. The zero-order valence-electron chi connectivity index (χ0n) is 10.3. The van der Waals surface area contributed by atoms with E-state index in [-0.39, 0.29) is 10.3 Å². The number of benzene rings is 2. The van der Waals surface area contributed by atoms with Gasteiger partial charge in [0.05, 0.1) is 10.3 Å². The van der Waals surface area contributed by atoms with Gasteiger partial charge in [-0.15, -0.1) is 11.6 Å². The first kappa shape index (κ1) is 15.3. The van der Waals surface area contributed by atoms with E-state index in [0.717, 1.165) is 5.56 Å². The Morgan fingerprint density at radius 2 is 1.75 bits per heavy atom. The van der Waals surface area contributed by atoms with Crippen molar-refractivity contribution in [2.24, 2.45) is 0 Å². The van der Waals surface area contributed by atoms with E-state index in [9.17, 15) is 8.42 Å². The van der Waals surface area contributed by atoms with Gasteiger partial charge in [0, 0.05) is 5.02 Å². The first-order chi connectivity index (χ1) is 9.38. The van der Waals surface area contributed by atoms with Crippen LogP contribution in [0, 0.1) is 0 Å². The maximum absolute atomic E-state index is 11.1. The third-order valence-electron chi connectivity index (χ3n) is 2.88. The molecule has 0 heterocycles. The van der Waals surface area contributed by atoms with Crippen LogP contribution in [-0.4, -0.2) is 13.0 Å². The molecule has 106 valence electrons. The molecule has 1 unspecified atom stereocenters. The molecule has 2 rings (SSSR count). The third kappa shape index (κ3) is 3.73. The first-order valence-corrected chi connectivity index (χ1v) is 8.08. The predicted octanol–water partition coefficient (Wildman–Crippen LogP) is 4.11. The summed E-state index contributed by atoms with van der Waals surface area (Å²) in [7, 11) is -4.24. The van der Waals surface area contributed by atoms with Gasteiger partial charge in [0.1, 0.15) is 0 Å². The molecular formula is C14H12Cl2O3S. The Morgan fingerprint density at radius 3 is 2.35 bits per heavy atom. The minimum absolute atomic E-state index is 0.186. The fourth-order valence-electron chi connectivity index (χ4n) is 1.84. The minimum Gasteiger partial charge on any atom is -0.282 e. The zero-order valence-corrected chi connectivity index (χ0v) is 12.7. The highest BCUT2D eigenvalue weighted by molar-refractivity contribution is 7.85. The van der Waals surface area contributed by atoms with E-state index in [1.807, 2.05) is 30.3 Å². The van der Waals surface area contributed by atoms with Crippen molar-refractivity contribution in [2.45, 2.75) is 16.7 Å². The van der Waals surface area contributed by atoms with Crippen LogP contribution in [0.15, 0.2) is 53.4 Å². The van der Waals surface area contributed by atoms with E-state index < -0.39 is 10.1 Å². The average molecular weight is 331 g/mol. The van der Waals surface area contributed by atoms with E-state index in [2.05, 4.69) is 0 Å². The van der Waals surface area contributed by atoms with Crippen molar-refractivity contribution in [1.29, 1.82) is 0 Å². The molecule has 0 fully saturated rings. The third-order valence-corrected chi connectivity index (χ3v) is 4.50. The van der Waals surface area contributed by atoms with Crippen molar-refractivity contribution in [3.8, 4) is 0 Å². The first-order valence-electron chi connectivity index (χ1n) is 5.83. The second-order valence-corrected chi connectivity index (χ2v) is 6.67. The topological polar surface area (TPSA) is 54.4 Å². The molecule has 20 heavy (non-hydrogen) atoms. The van der Waals surface area contributed by atoms with Crippen LogP contribution in [0.5, 0.6) is 0 Å². The molecule has 0 aromatic heterocycles. The van der Waals surface area contributed by atoms with Crippen LogP contribution in [0.25, 0.3) is 0 Å². The summed E-state index contributed by atoms with van der Waals surface area (Å²) in [4.78, 5) is -0.186. The van der Waals surface area contributed by atoms with Crippen LogP contribution in [0.4, 0.5) is 0 Å². The predicted molar refractivity (Wildman–Crippen MR) is 80.0 cm³/mol. The lowest BCUT2D eigenvalue weighted by Gasteiger charge is -2.12.